The van der Waals surface area contributed by atoms with E-state index in [1.165, 1.54) is 17.8 Å². The zero-order valence-corrected chi connectivity index (χ0v) is 29.4. The van der Waals surface area contributed by atoms with Crippen molar-refractivity contribution in [1.29, 1.82) is 0 Å². The molecular weight excluding hydrogens is 644 g/mol. The predicted octanol–water partition coefficient (Wildman–Crippen LogP) is 4.92. The number of rotatable bonds is 10. The van der Waals surface area contributed by atoms with Gasteiger partial charge in [0.15, 0.2) is 0 Å². The number of carboxylic acid groups (broad SMARTS) is 1. The summed E-state index contributed by atoms with van der Waals surface area (Å²) in [6.07, 6.45) is 9.61. The molecule has 12 heteroatoms. The number of ether oxygens (including phenoxy) is 2. The molecule has 0 radical (unpaired) electrons. The summed E-state index contributed by atoms with van der Waals surface area (Å²) < 4.78 is 12.5. The highest BCUT2D eigenvalue weighted by Gasteiger charge is 2.60. The summed E-state index contributed by atoms with van der Waals surface area (Å²) in [7, 11) is 0. The molecule has 1 N–H and O–H groups in total. The minimum absolute atomic E-state index is 0.0236. The van der Waals surface area contributed by atoms with E-state index in [0.717, 1.165) is 50.5 Å². The maximum Gasteiger partial charge on any atom is 0.335 e. The van der Waals surface area contributed by atoms with Gasteiger partial charge in [0.05, 0.1) is 30.0 Å². The summed E-state index contributed by atoms with van der Waals surface area (Å²) in [6.45, 7) is 8.09. The molecule has 4 heterocycles. The van der Waals surface area contributed by atoms with Crippen molar-refractivity contribution < 1.29 is 33.8 Å². The second kappa shape index (κ2) is 13.7. The van der Waals surface area contributed by atoms with Gasteiger partial charge in [-0.3, -0.25) is 19.4 Å². The number of amides is 3. The highest BCUT2D eigenvalue weighted by molar-refractivity contribution is 7.11. The molecule has 11 nitrogen and oxygen atoms in total. The predicted molar refractivity (Wildman–Crippen MR) is 183 cm³/mol. The van der Waals surface area contributed by atoms with Gasteiger partial charge in [-0.25, -0.2) is 4.79 Å². The summed E-state index contributed by atoms with van der Waals surface area (Å²) in [5, 5.41) is 9.60. The van der Waals surface area contributed by atoms with Crippen LogP contribution < -0.4 is 4.74 Å². The summed E-state index contributed by atoms with van der Waals surface area (Å²) in [5.41, 5.74) is 2.75. The van der Waals surface area contributed by atoms with E-state index in [2.05, 4.69) is 18.8 Å². The monoisotopic (exact) mass is 692 g/mol. The van der Waals surface area contributed by atoms with Crippen LogP contribution >= 0.6 is 11.3 Å². The lowest BCUT2D eigenvalue weighted by Crippen LogP contribution is -2.63. The average molecular weight is 693 g/mol. The van der Waals surface area contributed by atoms with Crippen molar-refractivity contribution >= 4 is 35.0 Å². The Kier molecular flexibility index (Phi) is 9.47. The molecule has 5 fully saturated rings. The Bertz CT molecular complexity index is 1560. The van der Waals surface area contributed by atoms with Crippen LogP contribution in [0.15, 0.2) is 29.9 Å². The quantitative estimate of drug-likeness (QED) is 0.372. The van der Waals surface area contributed by atoms with Gasteiger partial charge in [-0.1, -0.05) is 26.3 Å². The van der Waals surface area contributed by atoms with Crippen molar-refractivity contribution in [3.05, 3.63) is 45.9 Å². The second-order valence-electron chi connectivity index (χ2n) is 15.7. The van der Waals surface area contributed by atoms with Crippen LogP contribution in [0, 0.1) is 22.7 Å². The van der Waals surface area contributed by atoms with Crippen LogP contribution in [0.5, 0.6) is 5.75 Å². The van der Waals surface area contributed by atoms with Crippen LogP contribution in [0.25, 0.3) is 0 Å². The van der Waals surface area contributed by atoms with Gasteiger partial charge in [0, 0.05) is 56.5 Å². The van der Waals surface area contributed by atoms with E-state index < -0.39 is 5.97 Å². The van der Waals surface area contributed by atoms with E-state index >= 15 is 0 Å². The third-order valence-corrected chi connectivity index (χ3v) is 12.6. The van der Waals surface area contributed by atoms with Gasteiger partial charge in [-0.05, 0) is 74.0 Å². The highest BCUT2D eigenvalue weighted by Crippen LogP contribution is 2.54. The highest BCUT2D eigenvalue weighted by atomic mass is 32.1. The maximum absolute atomic E-state index is 13.3. The Labute approximate surface area is 291 Å². The van der Waals surface area contributed by atoms with E-state index in [1.54, 1.807) is 23.8 Å². The molecule has 3 amide bonds. The first-order valence-corrected chi connectivity index (χ1v) is 18.8. The standard InChI is InChI=1S/C37H48N4O7S/c1-36(2)15-29(36)33(43)41-21-37(22-41)20-40(34(44)31-16-38-23-49-31)17-26(37)18-47-19-32(42)39-12-10-24(11-13-39)28-9-8-25(35(45)46)14-30(28)48-27-6-4-3-5-7-27/h8-9,14,16,23-24,26-27,29H,3-7,10-13,15,17-22H2,1-2H3,(H,45,46)/t26?,29-/m1/s1. The smallest absolute Gasteiger partial charge is 0.335 e. The SMILES string of the molecule is CC1(C)C[C@@H]1C(=O)N1CC2(CN(C(=O)c3cncs3)CC2COCC(=O)N2CCC(c3ccc(C(=O)O)cc3OC3CCCCC3)CC2)C1. The number of carbonyl (C=O) groups excluding carboxylic acids is 3. The van der Waals surface area contributed by atoms with Crippen LogP contribution in [0.4, 0.5) is 0 Å². The molecule has 1 unspecified atom stereocenters. The van der Waals surface area contributed by atoms with Gasteiger partial charge < -0.3 is 29.3 Å². The molecule has 1 spiro atoms. The van der Waals surface area contributed by atoms with Crippen LogP contribution in [0.1, 0.15) is 96.7 Å². The number of piperidine rings is 1. The fraction of sp³-hybridized carbons (Fsp3) is 0.649. The molecule has 264 valence electrons. The molecule has 0 bridgehead atoms. The molecular formula is C37H48N4O7S. The van der Waals surface area contributed by atoms with Crippen LogP contribution in [0.2, 0.25) is 0 Å². The van der Waals surface area contributed by atoms with Gasteiger partial charge >= 0.3 is 5.97 Å². The zero-order chi connectivity index (χ0) is 34.3. The molecule has 3 aliphatic heterocycles. The molecule has 2 aromatic rings. The Hall–Kier alpha value is -3.51. The van der Waals surface area contributed by atoms with Crippen LogP contribution in [-0.4, -0.2) is 107 Å². The third kappa shape index (κ3) is 7.08. The topological polar surface area (TPSA) is 130 Å². The number of aromatic nitrogens is 1. The average Bonchev–Trinajstić information content (AvgIpc) is 3.42. The molecule has 2 saturated carbocycles. The molecule has 1 aromatic carbocycles. The van der Waals surface area contributed by atoms with Crippen molar-refractivity contribution in [2.75, 3.05) is 52.5 Å². The number of carbonyl (C=O) groups is 4. The van der Waals surface area contributed by atoms with Crippen molar-refractivity contribution in [1.82, 2.24) is 19.7 Å². The Morgan fingerprint density at radius 1 is 0.980 bits per heavy atom. The summed E-state index contributed by atoms with van der Waals surface area (Å²) in [4.78, 5) is 61.8. The second-order valence-corrected chi connectivity index (χ2v) is 16.5. The normalized spacial score (nSPS) is 24.9. The van der Waals surface area contributed by atoms with Gasteiger partial charge in [-0.15, -0.1) is 11.3 Å². The van der Waals surface area contributed by atoms with E-state index in [9.17, 15) is 24.3 Å². The molecule has 5 aliphatic rings. The van der Waals surface area contributed by atoms with E-state index in [-0.39, 0.29) is 64.6 Å². The first kappa shape index (κ1) is 34.0. The van der Waals surface area contributed by atoms with Crippen LogP contribution in [-0.2, 0) is 14.3 Å². The zero-order valence-electron chi connectivity index (χ0n) is 28.6. The van der Waals surface area contributed by atoms with E-state index in [0.29, 0.717) is 56.5 Å². The number of hydrogen-bond donors (Lipinski definition) is 1. The fourth-order valence-electron chi connectivity index (χ4n) is 8.52. The minimum atomic E-state index is -0.964. The summed E-state index contributed by atoms with van der Waals surface area (Å²) in [5.74, 6) is 0.113. The number of thiazole rings is 1. The number of carboxylic acids is 1. The van der Waals surface area contributed by atoms with Gasteiger partial charge in [0.1, 0.15) is 17.2 Å². The largest absolute Gasteiger partial charge is 0.490 e. The molecule has 49 heavy (non-hydrogen) atoms. The molecule has 2 atom stereocenters. The van der Waals surface area contributed by atoms with E-state index in [1.807, 2.05) is 20.8 Å². The lowest BCUT2D eigenvalue weighted by Gasteiger charge is -2.51. The van der Waals surface area contributed by atoms with Gasteiger partial charge in [0.2, 0.25) is 11.8 Å². The third-order valence-electron chi connectivity index (χ3n) is 11.8. The Morgan fingerprint density at radius 2 is 1.69 bits per heavy atom. The lowest BCUT2D eigenvalue weighted by atomic mass is 9.71. The number of nitrogens with zero attached hydrogens (tertiary/aromatic N) is 4. The maximum atomic E-state index is 13.3. The molecule has 2 aliphatic carbocycles. The first-order chi connectivity index (χ1) is 23.5. The van der Waals surface area contributed by atoms with Crippen molar-refractivity contribution in [3.63, 3.8) is 0 Å². The Morgan fingerprint density at radius 3 is 2.35 bits per heavy atom. The Balaban J connectivity index is 0.935. The van der Waals surface area contributed by atoms with Crippen LogP contribution in [0.3, 0.4) is 0 Å². The number of likely N-dealkylation sites (tertiary alicyclic amines) is 3. The van der Waals surface area contributed by atoms with Crippen molar-refractivity contribution in [2.45, 2.75) is 77.2 Å². The summed E-state index contributed by atoms with van der Waals surface area (Å²) >= 11 is 1.33. The molecule has 1 aromatic heterocycles. The van der Waals surface area contributed by atoms with Crippen molar-refractivity contribution in [2.24, 2.45) is 22.7 Å². The fourth-order valence-corrected chi connectivity index (χ4v) is 9.11. The van der Waals surface area contributed by atoms with Crippen molar-refractivity contribution in [3.8, 4) is 5.75 Å². The lowest BCUT2D eigenvalue weighted by molar-refractivity contribution is -0.149. The number of benzene rings is 1. The summed E-state index contributed by atoms with van der Waals surface area (Å²) in [6, 6.07) is 5.22. The minimum Gasteiger partial charge on any atom is -0.490 e. The van der Waals surface area contributed by atoms with Gasteiger partial charge in [0.25, 0.3) is 5.91 Å². The molecule has 3 saturated heterocycles. The molecule has 7 rings (SSSR count). The number of hydrogen-bond acceptors (Lipinski definition) is 8. The van der Waals surface area contributed by atoms with E-state index in [4.69, 9.17) is 9.47 Å². The first-order valence-electron chi connectivity index (χ1n) is 17.9. The van der Waals surface area contributed by atoms with Gasteiger partial charge in [-0.2, -0.15) is 0 Å². The number of aromatic carboxylic acids is 1.